The fourth-order valence-electron chi connectivity index (χ4n) is 4.64. The summed E-state index contributed by atoms with van der Waals surface area (Å²) in [4.78, 5) is 29.0. The second-order valence-corrected chi connectivity index (χ2v) is 10.3. The zero-order valence-electron chi connectivity index (χ0n) is 20.7. The predicted molar refractivity (Wildman–Crippen MR) is 148 cm³/mol. The molecule has 1 aliphatic rings. The lowest BCUT2D eigenvalue weighted by Gasteiger charge is -2.33. The van der Waals surface area contributed by atoms with Crippen molar-refractivity contribution in [1.82, 2.24) is 10.2 Å². The van der Waals surface area contributed by atoms with E-state index in [4.69, 9.17) is 27.9 Å². The molecule has 0 unspecified atom stereocenters. The molecule has 2 amide bonds. The Balaban J connectivity index is 1.59. The van der Waals surface area contributed by atoms with E-state index in [2.05, 4.69) is 5.32 Å². The molecule has 0 radical (unpaired) electrons. The first-order chi connectivity index (χ1) is 18.0. The summed E-state index contributed by atoms with van der Waals surface area (Å²) in [5.74, 6) is 0.129. The standard InChI is InChI=1S/C30H32Cl2N2O3/c31-24-13-11-23(12-14-24)20-34(29(35)21-37-27-17-15-25(32)16-18-27)28(19-22-7-3-1-4-8-22)30(36)33-26-9-5-2-6-10-26/h1,3-4,7-8,11-18,26,28H,2,5-6,9-10,19-21H2,(H,33,36)/t28-/m1/s1. The maximum atomic E-state index is 13.7. The van der Waals surface area contributed by atoms with Crippen LogP contribution in [0.25, 0.3) is 0 Å². The summed E-state index contributed by atoms with van der Waals surface area (Å²) in [7, 11) is 0. The first kappa shape index (κ1) is 27.0. The second kappa shape index (κ2) is 13.5. The van der Waals surface area contributed by atoms with Crippen LogP contribution in [0.1, 0.15) is 43.2 Å². The molecule has 1 atom stereocenters. The molecular weight excluding hydrogens is 507 g/mol. The Kier molecular flexibility index (Phi) is 9.86. The second-order valence-electron chi connectivity index (χ2n) is 9.44. The van der Waals surface area contributed by atoms with Crippen LogP contribution in [-0.4, -0.2) is 35.4 Å². The number of rotatable bonds is 10. The average Bonchev–Trinajstić information content (AvgIpc) is 2.92. The quantitative estimate of drug-likeness (QED) is 0.322. The lowest BCUT2D eigenvalue weighted by Crippen LogP contribution is -2.53. The van der Waals surface area contributed by atoms with Crippen LogP contribution in [0.2, 0.25) is 10.0 Å². The van der Waals surface area contributed by atoms with E-state index in [1.807, 2.05) is 42.5 Å². The van der Waals surface area contributed by atoms with Crippen LogP contribution in [0.5, 0.6) is 5.75 Å². The van der Waals surface area contributed by atoms with Crippen molar-refractivity contribution in [2.45, 2.75) is 57.2 Å². The molecule has 0 saturated heterocycles. The molecule has 194 valence electrons. The van der Waals surface area contributed by atoms with Crippen LogP contribution in [0, 0.1) is 0 Å². The van der Waals surface area contributed by atoms with Gasteiger partial charge in [-0.25, -0.2) is 0 Å². The Hall–Kier alpha value is -3.02. The lowest BCUT2D eigenvalue weighted by molar-refractivity contribution is -0.143. The third kappa shape index (κ3) is 8.24. The summed E-state index contributed by atoms with van der Waals surface area (Å²) in [5.41, 5.74) is 1.87. The van der Waals surface area contributed by atoms with Crippen molar-refractivity contribution in [2.24, 2.45) is 0 Å². The van der Waals surface area contributed by atoms with Gasteiger partial charge in [-0.1, -0.05) is 84.9 Å². The van der Waals surface area contributed by atoms with E-state index in [-0.39, 0.29) is 31.0 Å². The van der Waals surface area contributed by atoms with Gasteiger partial charge in [0.2, 0.25) is 5.91 Å². The van der Waals surface area contributed by atoms with Crippen molar-refractivity contribution < 1.29 is 14.3 Å². The van der Waals surface area contributed by atoms with Crippen LogP contribution >= 0.6 is 23.2 Å². The molecule has 1 saturated carbocycles. The molecular formula is C30H32Cl2N2O3. The maximum absolute atomic E-state index is 13.7. The molecule has 7 heteroatoms. The van der Waals surface area contributed by atoms with Gasteiger partial charge in [0.25, 0.3) is 5.91 Å². The summed E-state index contributed by atoms with van der Waals surface area (Å²) in [6, 6.07) is 23.4. The minimum Gasteiger partial charge on any atom is -0.484 e. The Morgan fingerprint density at radius 3 is 2.11 bits per heavy atom. The fraction of sp³-hybridized carbons (Fsp3) is 0.333. The summed E-state index contributed by atoms with van der Waals surface area (Å²) in [6.07, 6.45) is 5.75. The first-order valence-electron chi connectivity index (χ1n) is 12.7. The molecule has 1 fully saturated rings. The minimum absolute atomic E-state index is 0.135. The van der Waals surface area contributed by atoms with Crippen LogP contribution in [0.4, 0.5) is 0 Å². The van der Waals surface area contributed by atoms with E-state index >= 15 is 0 Å². The van der Waals surface area contributed by atoms with Crippen molar-refractivity contribution in [3.8, 4) is 5.75 Å². The van der Waals surface area contributed by atoms with Crippen LogP contribution in [0.3, 0.4) is 0 Å². The summed E-state index contributed by atoms with van der Waals surface area (Å²) in [5, 5.41) is 4.44. The highest BCUT2D eigenvalue weighted by Gasteiger charge is 2.32. The van der Waals surface area contributed by atoms with Crippen molar-refractivity contribution in [3.05, 3.63) is 100 Å². The molecule has 0 heterocycles. The number of hydrogen-bond donors (Lipinski definition) is 1. The van der Waals surface area contributed by atoms with E-state index in [1.165, 1.54) is 6.42 Å². The van der Waals surface area contributed by atoms with Gasteiger partial charge in [-0.15, -0.1) is 0 Å². The zero-order valence-corrected chi connectivity index (χ0v) is 22.3. The SMILES string of the molecule is O=C(NC1CCCCC1)[C@@H](Cc1ccccc1)N(Cc1ccc(Cl)cc1)C(=O)COc1ccc(Cl)cc1. The summed E-state index contributed by atoms with van der Waals surface area (Å²) < 4.78 is 5.79. The van der Waals surface area contributed by atoms with Gasteiger partial charge < -0.3 is 15.0 Å². The smallest absolute Gasteiger partial charge is 0.261 e. The van der Waals surface area contributed by atoms with Crippen molar-refractivity contribution >= 4 is 35.0 Å². The largest absolute Gasteiger partial charge is 0.484 e. The van der Waals surface area contributed by atoms with Gasteiger partial charge in [-0.05, 0) is 60.4 Å². The van der Waals surface area contributed by atoms with E-state index in [1.54, 1.807) is 41.3 Å². The normalized spacial score (nSPS) is 14.5. The number of hydrogen-bond acceptors (Lipinski definition) is 3. The van der Waals surface area contributed by atoms with Gasteiger partial charge in [-0.2, -0.15) is 0 Å². The monoisotopic (exact) mass is 538 g/mol. The third-order valence-electron chi connectivity index (χ3n) is 6.66. The Morgan fingerprint density at radius 1 is 0.838 bits per heavy atom. The molecule has 3 aromatic rings. The molecule has 3 aromatic carbocycles. The molecule has 0 aromatic heterocycles. The molecule has 0 bridgehead atoms. The Bertz CT molecular complexity index is 1150. The highest BCUT2D eigenvalue weighted by molar-refractivity contribution is 6.30. The van der Waals surface area contributed by atoms with Gasteiger partial charge in [-0.3, -0.25) is 9.59 Å². The summed E-state index contributed by atoms with van der Waals surface area (Å²) in [6.45, 7) is 0.0623. The fourth-order valence-corrected chi connectivity index (χ4v) is 4.90. The predicted octanol–water partition coefficient (Wildman–Crippen LogP) is 6.46. The highest BCUT2D eigenvalue weighted by Crippen LogP contribution is 2.21. The number of carbonyl (C=O) groups excluding carboxylic acids is 2. The zero-order chi connectivity index (χ0) is 26.0. The molecule has 1 N–H and O–H groups in total. The number of benzene rings is 3. The molecule has 0 aliphatic heterocycles. The molecule has 1 aliphatic carbocycles. The Morgan fingerprint density at radius 2 is 1.46 bits per heavy atom. The van der Waals surface area contributed by atoms with Crippen molar-refractivity contribution in [1.29, 1.82) is 0 Å². The molecule has 0 spiro atoms. The van der Waals surface area contributed by atoms with Crippen LogP contribution in [0.15, 0.2) is 78.9 Å². The van der Waals surface area contributed by atoms with Gasteiger partial charge in [0.15, 0.2) is 6.61 Å². The number of nitrogens with zero attached hydrogens (tertiary/aromatic N) is 1. The molecule has 5 nitrogen and oxygen atoms in total. The van der Waals surface area contributed by atoms with E-state index in [0.717, 1.165) is 36.8 Å². The van der Waals surface area contributed by atoms with Gasteiger partial charge >= 0.3 is 0 Å². The van der Waals surface area contributed by atoms with Gasteiger partial charge in [0.1, 0.15) is 11.8 Å². The van der Waals surface area contributed by atoms with Crippen LogP contribution in [-0.2, 0) is 22.6 Å². The number of nitrogens with one attached hydrogen (secondary N) is 1. The van der Waals surface area contributed by atoms with Gasteiger partial charge in [0.05, 0.1) is 0 Å². The highest BCUT2D eigenvalue weighted by atomic mass is 35.5. The van der Waals surface area contributed by atoms with Gasteiger partial charge in [0, 0.05) is 29.1 Å². The number of amides is 2. The third-order valence-corrected chi connectivity index (χ3v) is 7.17. The van der Waals surface area contributed by atoms with Crippen molar-refractivity contribution in [2.75, 3.05) is 6.61 Å². The van der Waals surface area contributed by atoms with Crippen LogP contribution < -0.4 is 10.1 Å². The molecule has 4 rings (SSSR count). The topological polar surface area (TPSA) is 58.6 Å². The number of ether oxygens (including phenoxy) is 1. The lowest BCUT2D eigenvalue weighted by atomic mass is 9.94. The molecule has 37 heavy (non-hydrogen) atoms. The van der Waals surface area contributed by atoms with E-state index in [0.29, 0.717) is 22.2 Å². The van der Waals surface area contributed by atoms with E-state index in [9.17, 15) is 9.59 Å². The summed E-state index contributed by atoms with van der Waals surface area (Å²) >= 11 is 12.1. The number of halogens is 2. The average molecular weight is 540 g/mol. The first-order valence-corrected chi connectivity index (χ1v) is 13.5. The maximum Gasteiger partial charge on any atom is 0.261 e. The number of carbonyl (C=O) groups is 2. The Labute approximate surface area is 228 Å². The van der Waals surface area contributed by atoms with E-state index < -0.39 is 6.04 Å². The minimum atomic E-state index is -0.693. The van der Waals surface area contributed by atoms with Crippen molar-refractivity contribution in [3.63, 3.8) is 0 Å².